The third kappa shape index (κ3) is 2.76. The zero-order valence-corrected chi connectivity index (χ0v) is 10.0. The van der Waals surface area contributed by atoms with Crippen LogP contribution >= 0.6 is 11.3 Å². The van der Waals surface area contributed by atoms with Gasteiger partial charge in [-0.1, -0.05) is 6.92 Å². The molecule has 0 radical (unpaired) electrons. The van der Waals surface area contributed by atoms with Crippen molar-refractivity contribution < 1.29 is 9.90 Å². The van der Waals surface area contributed by atoms with Crippen molar-refractivity contribution in [2.45, 2.75) is 26.3 Å². The number of aliphatic hydroxyl groups is 1. The third-order valence-electron chi connectivity index (χ3n) is 2.31. The number of nitrogens with zero attached hydrogens (tertiary/aromatic N) is 2. The van der Waals surface area contributed by atoms with E-state index in [2.05, 4.69) is 4.98 Å². The molecule has 0 saturated heterocycles. The zero-order chi connectivity index (χ0) is 11.4. The number of thiazole rings is 1. The Bertz CT molecular complexity index is 338. The lowest BCUT2D eigenvalue weighted by Gasteiger charge is -2.22. The summed E-state index contributed by atoms with van der Waals surface area (Å²) in [5, 5.41) is 9.91. The number of aliphatic hydroxyl groups excluding tert-OH is 1. The normalized spacial score (nSPS) is 12.5. The van der Waals surface area contributed by atoms with E-state index in [0.29, 0.717) is 4.88 Å². The van der Waals surface area contributed by atoms with Gasteiger partial charge in [-0.15, -0.1) is 11.3 Å². The first-order valence-corrected chi connectivity index (χ1v) is 5.74. The number of aromatic nitrogens is 1. The fourth-order valence-electron chi connectivity index (χ4n) is 1.07. The van der Waals surface area contributed by atoms with Gasteiger partial charge in [-0.05, 0) is 13.3 Å². The lowest BCUT2D eigenvalue weighted by Crippen LogP contribution is -2.36. The maximum absolute atomic E-state index is 11.9. The summed E-state index contributed by atoms with van der Waals surface area (Å²) < 4.78 is 0. The first-order valence-electron chi connectivity index (χ1n) is 4.92. The molecule has 1 unspecified atom stereocenters. The molecule has 0 aliphatic carbocycles. The van der Waals surface area contributed by atoms with Gasteiger partial charge in [-0.25, -0.2) is 4.98 Å². The van der Waals surface area contributed by atoms with Crippen LogP contribution < -0.4 is 0 Å². The quantitative estimate of drug-likeness (QED) is 0.841. The molecule has 0 aliphatic rings. The second-order valence-electron chi connectivity index (χ2n) is 3.42. The second kappa shape index (κ2) is 5.23. The van der Waals surface area contributed by atoms with E-state index in [1.165, 1.54) is 16.2 Å². The van der Waals surface area contributed by atoms with Crippen molar-refractivity contribution in [2.24, 2.45) is 0 Å². The highest BCUT2D eigenvalue weighted by Crippen LogP contribution is 2.16. The average molecular weight is 228 g/mol. The van der Waals surface area contributed by atoms with Gasteiger partial charge in [0.05, 0.1) is 23.9 Å². The first kappa shape index (κ1) is 12.1. The molecule has 1 amide bonds. The molecule has 1 rings (SSSR count). The number of carbonyl (C=O) groups excluding carboxylic acids is 1. The molecule has 0 saturated carbocycles. The molecule has 15 heavy (non-hydrogen) atoms. The summed E-state index contributed by atoms with van der Waals surface area (Å²) in [6.07, 6.45) is 2.45. The highest BCUT2D eigenvalue weighted by atomic mass is 32.1. The Kier molecular flexibility index (Phi) is 4.23. The summed E-state index contributed by atoms with van der Waals surface area (Å²) in [5.74, 6) is -0.0752. The van der Waals surface area contributed by atoms with Crippen LogP contribution in [-0.2, 0) is 6.42 Å². The predicted octanol–water partition coefficient (Wildman–Crippen LogP) is 1.16. The van der Waals surface area contributed by atoms with Gasteiger partial charge in [0.2, 0.25) is 0 Å². The van der Waals surface area contributed by atoms with Gasteiger partial charge in [0, 0.05) is 7.05 Å². The van der Waals surface area contributed by atoms with E-state index in [1.807, 2.05) is 6.92 Å². The summed E-state index contributed by atoms with van der Waals surface area (Å²) in [6.45, 7) is 3.79. The number of carbonyl (C=O) groups is 1. The molecule has 0 bridgehead atoms. The predicted molar refractivity (Wildman–Crippen MR) is 60.1 cm³/mol. The lowest BCUT2D eigenvalue weighted by atomic mass is 10.3. The molecule has 1 heterocycles. The van der Waals surface area contributed by atoms with E-state index in [-0.39, 0.29) is 18.6 Å². The lowest BCUT2D eigenvalue weighted by molar-refractivity contribution is 0.0687. The smallest absolute Gasteiger partial charge is 0.265 e. The molecule has 4 nitrogen and oxygen atoms in total. The third-order valence-corrected chi connectivity index (χ3v) is 3.44. The SMILES string of the molecule is CCc1ncc(C(=O)N(C)C(C)CO)s1. The number of amides is 1. The molecule has 0 aliphatic heterocycles. The van der Waals surface area contributed by atoms with Crippen molar-refractivity contribution in [3.05, 3.63) is 16.1 Å². The maximum atomic E-state index is 11.9. The summed E-state index contributed by atoms with van der Waals surface area (Å²) in [4.78, 5) is 18.2. The second-order valence-corrected chi connectivity index (χ2v) is 4.53. The molecule has 1 N–H and O–H groups in total. The van der Waals surface area contributed by atoms with Crippen molar-refractivity contribution in [3.63, 3.8) is 0 Å². The van der Waals surface area contributed by atoms with Crippen LogP contribution in [0, 0.1) is 0 Å². The largest absolute Gasteiger partial charge is 0.394 e. The molecular formula is C10H16N2O2S. The fraction of sp³-hybridized carbons (Fsp3) is 0.600. The Labute approximate surface area is 93.6 Å². The van der Waals surface area contributed by atoms with Crippen molar-refractivity contribution in [2.75, 3.05) is 13.7 Å². The number of rotatable bonds is 4. The summed E-state index contributed by atoms with van der Waals surface area (Å²) in [6, 6.07) is -0.162. The van der Waals surface area contributed by atoms with E-state index in [0.717, 1.165) is 11.4 Å². The van der Waals surface area contributed by atoms with Gasteiger partial charge in [-0.3, -0.25) is 4.79 Å². The van der Waals surface area contributed by atoms with Crippen LogP contribution in [-0.4, -0.2) is 40.6 Å². The topological polar surface area (TPSA) is 53.4 Å². The Hall–Kier alpha value is -0.940. The molecule has 0 fully saturated rings. The molecule has 0 aromatic carbocycles. The van der Waals surface area contributed by atoms with Crippen molar-refractivity contribution in [1.82, 2.24) is 9.88 Å². The highest BCUT2D eigenvalue weighted by Gasteiger charge is 2.18. The van der Waals surface area contributed by atoms with Gasteiger partial charge in [0.15, 0.2) is 0 Å². The molecule has 1 aromatic rings. The van der Waals surface area contributed by atoms with Crippen LogP contribution in [0.15, 0.2) is 6.20 Å². The van der Waals surface area contributed by atoms with Crippen LogP contribution in [0.1, 0.15) is 28.5 Å². The molecule has 1 aromatic heterocycles. The van der Waals surface area contributed by atoms with Gasteiger partial charge < -0.3 is 10.0 Å². The van der Waals surface area contributed by atoms with Gasteiger partial charge >= 0.3 is 0 Å². The van der Waals surface area contributed by atoms with E-state index in [9.17, 15) is 4.79 Å². The van der Waals surface area contributed by atoms with E-state index in [1.54, 1.807) is 20.2 Å². The van der Waals surface area contributed by atoms with Crippen LogP contribution in [0.5, 0.6) is 0 Å². The highest BCUT2D eigenvalue weighted by molar-refractivity contribution is 7.13. The van der Waals surface area contributed by atoms with Crippen molar-refractivity contribution in [1.29, 1.82) is 0 Å². The molecule has 84 valence electrons. The van der Waals surface area contributed by atoms with Crippen LogP contribution in [0.2, 0.25) is 0 Å². The summed E-state index contributed by atoms with van der Waals surface area (Å²) in [5.41, 5.74) is 0. The van der Waals surface area contributed by atoms with E-state index in [4.69, 9.17) is 5.11 Å². The molecular weight excluding hydrogens is 212 g/mol. The van der Waals surface area contributed by atoms with Crippen molar-refractivity contribution >= 4 is 17.2 Å². The van der Waals surface area contributed by atoms with E-state index >= 15 is 0 Å². The molecule has 1 atom stereocenters. The fourth-order valence-corrected chi connectivity index (χ4v) is 1.91. The first-order chi connectivity index (χ1) is 7.10. The Balaban J connectivity index is 2.75. The standard InChI is InChI=1S/C10H16N2O2S/c1-4-9-11-5-8(15-9)10(14)12(3)7(2)6-13/h5,7,13H,4,6H2,1-3H3. The van der Waals surface area contributed by atoms with Crippen molar-refractivity contribution in [3.8, 4) is 0 Å². The molecule has 5 heteroatoms. The molecule has 0 spiro atoms. The zero-order valence-electron chi connectivity index (χ0n) is 9.23. The van der Waals surface area contributed by atoms with Crippen LogP contribution in [0.3, 0.4) is 0 Å². The summed E-state index contributed by atoms with van der Waals surface area (Å²) in [7, 11) is 1.69. The Morgan fingerprint density at radius 2 is 2.40 bits per heavy atom. The number of aryl methyl sites for hydroxylation is 1. The maximum Gasteiger partial charge on any atom is 0.265 e. The number of hydrogen-bond acceptors (Lipinski definition) is 4. The minimum absolute atomic E-state index is 0.0261. The Morgan fingerprint density at radius 1 is 1.73 bits per heavy atom. The van der Waals surface area contributed by atoms with Gasteiger partial charge in [0.1, 0.15) is 4.88 Å². The monoisotopic (exact) mass is 228 g/mol. The summed E-state index contributed by atoms with van der Waals surface area (Å²) >= 11 is 1.41. The van der Waals surface area contributed by atoms with Gasteiger partial charge in [-0.2, -0.15) is 0 Å². The van der Waals surface area contributed by atoms with Crippen LogP contribution in [0.4, 0.5) is 0 Å². The van der Waals surface area contributed by atoms with Gasteiger partial charge in [0.25, 0.3) is 5.91 Å². The minimum atomic E-state index is -0.162. The average Bonchev–Trinajstić information content (AvgIpc) is 2.74. The number of likely N-dealkylation sites (N-methyl/N-ethyl adjacent to an activating group) is 1. The van der Waals surface area contributed by atoms with E-state index < -0.39 is 0 Å². The number of hydrogen-bond donors (Lipinski definition) is 1. The minimum Gasteiger partial charge on any atom is -0.394 e. The van der Waals surface area contributed by atoms with Crippen LogP contribution in [0.25, 0.3) is 0 Å². The Morgan fingerprint density at radius 3 is 2.87 bits per heavy atom.